The fraction of sp³-hybridized carbons (Fsp3) is 0.231. The van der Waals surface area contributed by atoms with Crippen LogP contribution in [0.3, 0.4) is 0 Å². The first-order chi connectivity index (χ1) is 9.81. The summed E-state index contributed by atoms with van der Waals surface area (Å²) in [6.07, 6.45) is 0. The van der Waals surface area contributed by atoms with Crippen molar-refractivity contribution in [1.29, 1.82) is 0 Å². The number of aliphatic carboxylic acids is 1. The Morgan fingerprint density at radius 1 is 1.29 bits per heavy atom. The van der Waals surface area contributed by atoms with Crippen molar-refractivity contribution in [3.8, 4) is 11.8 Å². The summed E-state index contributed by atoms with van der Waals surface area (Å²) in [6, 6.07) is 5.71. The van der Waals surface area contributed by atoms with Gasteiger partial charge in [0.2, 0.25) is 10.0 Å². The Labute approximate surface area is 127 Å². The molecule has 6 nitrogen and oxygen atoms in total. The molecule has 0 radical (unpaired) electrons. The van der Waals surface area contributed by atoms with E-state index in [0.717, 1.165) is 11.8 Å². The smallest absolute Gasteiger partial charge is 0.318 e. The lowest BCUT2D eigenvalue weighted by Crippen LogP contribution is -2.29. The van der Waals surface area contributed by atoms with E-state index in [4.69, 9.17) is 5.11 Å². The minimum absolute atomic E-state index is 0.0183. The highest BCUT2D eigenvalue weighted by Gasteiger charge is 2.14. The lowest BCUT2D eigenvalue weighted by molar-refractivity contribution is -0.135. The maximum Gasteiger partial charge on any atom is 0.318 e. The number of rotatable bonds is 5. The normalized spacial score (nSPS) is 10.5. The molecule has 0 aromatic heterocycles. The summed E-state index contributed by atoms with van der Waals surface area (Å²) in [5.41, 5.74) is 0.608. The maximum absolute atomic E-state index is 11.7. The number of thioether (sulfide) groups is 1. The average molecular weight is 327 g/mol. The second-order valence-corrected chi connectivity index (χ2v) is 6.74. The first kappa shape index (κ1) is 17.2. The van der Waals surface area contributed by atoms with Gasteiger partial charge in [-0.2, -0.15) is 4.72 Å². The van der Waals surface area contributed by atoms with Gasteiger partial charge >= 0.3 is 5.97 Å². The van der Waals surface area contributed by atoms with E-state index < -0.39 is 22.5 Å². The summed E-state index contributed by atoms with van der Waals surface area (Å²) >= 11 is 1.09. The van der Waals surface area contributed by atoms with Crippen LogP contribution in [0.5, 0.6) is 0 Å². The second kappa shape index (κ2) is 7.83. The van der Waals surface area contributed by atoms with Crippen LogP contribution in [-0.4, -0.2) is 36.9 Å². The monoisotopic (exact) mass is 327 g/mol. The molecule has 1 aromatic rings. The molecule has 21 heavy (non-hydrogen) atoms. The van der Waals surface area contributed by atoms with Crippen LogP contribution in [0, 0.1) is 11.8 Å². The van der Waals surface area contributed by atoms with Gasteiger partial charge in [-0.05, 0) is 24.3 Å². The van der Waals surface area contributed by atoms with Crippen molar-refractivity contribution in [2.45, 2.75) is 11.8 Å². The Morgan fingerprint density at radius 2 is 1.90 bits per heavy atom. The van der Waals surface area contributed by atoms with Crippen LogP contribution in [0.4, 0.5) is 0 Å². The Kier molecular flexibility index (Phi) is 6.42. The molecule has 0 atom stereocenters. The summed E-state index contributed by atoms with van der Waals surface area (Å²) in [4.78, 5) is 21.0. The number of carbonyl (C=O) groups excluding carboxylic acids is 1. The average Bonchev–Trinajstić information content (AvgIpc) is 2.42. The Bertz CT molecular complexity index is 684. The van der Waals surface area contributed by atoms with Gasteiger partial charge in [0.1, 0.15) is 6.54 Å². The van der Waals surface area contributed by atoms with Gasteiger partial charge in [-0.3, -0.25) is 9.59 Å². The molecular weight excluding hydrogens is 314 g/mol. The molecule has 0 amide bonds. The zero-order valence-corrected chi connectivity index (χ0v) is 12.8. The molecule has 0 heterocycles. The van der Waals surface area contributed by atoms with E-state index in [1.54, 1.807) is 0 Å². The van der Waals surface area contributed by atoms with Crippen LogP contribution in [0.2, 0.25) is 0 Å². The topological polar surface area (TPSA) is 101 Å². The first-order valence-corrected chi connectivity index (χ1v) is 8.22. The fourth-order valence-corrected chi connectivity index (χ4v) is 2.56. The summed E-state index contributed by atoms with van der Waals surface area (Å²) in [7, 11) is -3.84. The van der Waals surface area contributed by atoms with Crippen LogP contribution < -0.4 is 4.72 Å². The third-order valence-corrected chi connectivity index (χ3v) is 4.27. The van der Waals surface area contributed by atoms with Gasteiger partial charge in [-0.25, -0.2) is 8.42 Å². The molecule has 2 N–H and O–H groups in total. The van der Waals surface area contributed by atoms with Crippen molar-refractivity contribution in [3.63, 3.8) is 0 Å². The fourth-order valence-electron chi connectivity index (χ4n) is 1.23. The molecule has 1 rings (SSSR count). The van der Waals surface area contributed by atoms with Crippen molar-refractivity contribution >= 4 is 32.9 Å². The number of nitrogens with one attached hydrogen (secondary N) is 1. The molecule has 0 bridgehead atoms. The van der Waals surface area contributed by atoms with E-state index in [1.807, 2.05) is 4.72 Å². The first-order valence-electron chi connectivity index (χ1n) is 5.75. The minimum Gasteiger partial charge on any atom is -0.480 e. The third-order valence-electron chi connectivity index (χ3n) is 2.16. The molecular formula is C13H13NO5S2. The van der Waals surface area contributed by atoms with Gasteiger partial charge < -0.3 is 5.11 Å². The van der Waals surface area contributed by atoms with Crippen molar-refractivity contribution < 1.29 is 23.1 Å². The number of hydrogen-bond donors (Lipinski definition) is 2. The number of carbonyl (C=O) groups is 2. The molecule has 0 unspecified atom stereocenters. The largest absolute Gasteiger partial charge is 0.480 e. The number of hydrogen-bond acceptors (Lipinski definition) is 5. The van der Waals surface area contributed by atoms with E-state index in [0.29, 0.717) is 11.3 Å². The van der Waals surface area contributed by atoms with Crippen molar-refractivity contribution in [3.05, 3.63) is 29.8 Å². The van der Waals surface area contributed by atoms with Crippen molar-refractivity contribution in [2.75, 3.05) is 12.3 Å². The predicted molar refractivity (Wildman–Crippen MR) is 79.3 cm³/mol. The van der Waals surface area contributed by atoms with Crippen LogP contribution in [-0.2, 0) is 19.6 Å². The molecule has 0 fully saturated rings. The van der Waals surface area contributed by atoms with Gasteiger partial charge in [0.25, 0.3) is 0 Å². The van der Waals surface area contributed by atoms with Crippen molar-refractivity contribution in [2.24, 2.45) is 0 Å². The highest BCUT2D eigenvalue weighted by molar-refractivity contribution is 8.13. The Balaban J connectivity index is 2.73. The van der Waals surface area contributed by atoms with Crippen molar-refractivity contribution in [1.82, 2.24) is 4.72 Å². The second-order valence-electron chi connectivity index (χ2n) is 3.82. The van der Waals surface area contributed by atoms with Gasteiger partial charge in [-0.1, -0.05) is 23.6 Å². The predicted octanol–water partition coefficient (Wildman–Crippen LogP) is 0.681. The zero-order valence-electron chi connectivity index (χ0n) is 11.1. The number of sulfonamides is 1. The van der Waals surface area contributed by atoms with E-state index in [9.17, 15) is 18.0 Å². The number of benzene rings is 1. The van der Waals surface area contributed by atoms with Crippen LogP contribution in [0.25, 0.3) is 0 Å². The molecule has 112 valence electrons. The standard InChI is InChI=1S/C13H13NO5S2/c1-10(15)20-8-2-3-11-4-6-12(7-5-11)21(18,19)14-9-13(16)17/h4-7,14H,8-9H2,1H3,(H,16,17). The zero-order chi connectivity index (χ0) is 15.9. The van der Waals surface area contributed by atoms with Gasteiger partial charge in [0.05, 0.1) is 10.6 Å². The quantitative estimate of drug-likeness (QED) is 0.771. The van der Waals surface area contributed by atoms with Gasteiger partial charge in [0, 0.05) is 12.5 Å². The Hall–Kier alpha value is -1.82. The van der Waals surface area contributed by atoms with E-state index in [1.165, 1.54) is 31.2 Å². The third kappa shape index (κ3) is 6.44. The van der Waals surface area contributed by atoms with Crippen LogP contribution >= 0.6 is 11.8 Å². The molecule has 0 spiro atoms. The number of carboxylic acid groups (broad SMARTS) is 1. The Morgan fingerprint density at radius 3 is 2.43 bits per heavy atom. The SMILES string of the molecule is CC(=O)SCC#Cc1ccc(S(=O)(=O)NCC(=O)O)cc1. The molecule has 8 heteroatoms. The van der Waals surface area contributed by atoms with E-state index in [2.05, 4.69) is 11.8 Å². The summed E-state index contributed by atoms with van der Waals surface area (Å²) < 4.78 is 25.4. The summed E-state index contributed by atoms with van der Waals surface area (Å²) in [6.45, 7) is 0.780. The highest BCUT2D eigenvalue weighted by atomic mass is 32.2. The molecule has 0 aliphatic carbocycles. The molecule has 0 aliphatic rings. The van der Waals surface area contributed by atoms with E-state index >= 15 is 0 Å². The molecule has 1 aromatic carbocycles. The van der Waals surface area contributed by atoms with Gasteiger partial charge in [-0.15, -0.1) is 0 Å². The number of carboxylic acids is 1. The van der Waals surface area contributed by atoms with Crippen LogP contribution in [0.15, 0.2) is 29.2 Å². The summed E-state index contributed by atoms with van der Waals surface area (Å²) in [5.74, 6) is 4.69. The molecule has 0 saturated heterocycles. The lowest BCUT2D eigenvalue weighted by atomic mass is 10.2. The maximum atomic E-state index is 11.7. The molecule has 0 saturated carbocycles. The minimum atomic E-state index is -3.84. The summed E-state index contributed by atoms with van der Waals surface area (Å²) in [5, 5.41) is 8.44. The van der Waals surface area contributed by atoms with E-state index in [-0.39, 0.29) is 10.0 Å². The van der Waals surface area contributed by atoms with Gasteiger partial charge in [0.15, 0.2) is 5.12 Å². The lowest BCUT2D eigenvalue weighted by Gasteiger charge is -2.04. The van der Waals surface area contributed by atoms with Crippen LogP contribution in [0.1, 0.15) is 12.5 Å². The highest BCUT2D eigenvalue weighted by Crippen LogP contribution is 2.09. The molecule has 0 aliphatic heterocycles.